The van der Waals surface area contributed by atoms with Gasteiger partial charge in [-0.1, -0.05) is 74.9 Å². The quantitative estimate of drug-likeness (QED) is 0.142. The number of sulfonamides is 1. The summed E-state index contributed by atoms with van der Waals surface area (Å²) in [7, 11) is -2.74. The highest BCUT2D eigenvalue weighted by Gasteiger charge is 2.61. The van der Waals surface area contributed by atoms with E-state index in [0.717, 1.165) is 11.1 Å². The van der Waals surface area contributed by atoms with Gasteiger partial charge in [-0.3, -0.25) is 14.4 Å². The van der Waals surface area contributed by atoms with Crippen LogP contribution in [-0.2, 0) is 29.1 Å². The largest absolute Gasteiger partial charge is 0.497 e. The average Bonchev–Trinajstić information content (AvgIpc) is 3.74. The summed E-state index contributed by atoms with van der Waals surface area (Å²) in [5.74, 6) is -1.78. The molecule has 4 amide bonds. The first-order chi connectivity index (χ1) is 28.1. The number of nitrogens with one attached hydrogen (secondary N) is 3. The summed E-state index contributed by atoms with van der Waals surface area (Å²) in [5.41, 5.74) is -0.476. The number of carbonyl (C=O) groups excluding carboxylic acids is 4. The first kappa shape index (κ1) is 43.6. The number of carbonyl (C=O) groups is 4. The third-order valence-electron chi connectivity index (χ3n) is 10.6. The molecule has 0 bridgehead atoms. The molecular weight excluding hydrogens is 787 g/mol. The van der Waals surface area contributed by atoms with Gasteiger partial charge in [-0.05, 0) is 63.8 Å². The molecule has 0 unspecified atom stereocenters. The van der Waals surface area contributed by atoms with Crippen LogP contribution < -0.4 is 24.8 Å². The molecule has 1 aromatic heterocycles. The molecule has 2 aliphatic rings. The predicted molar refractivity (Wildman–Crippen MR) is 227 cm³/mol. The van der Waals surface area contributed by atoms with Crippen molar-refractivity contribution in [3.8, 4) is 22.8 Å². The van der Waals surface area contributed by atoms with E-state index in [9.17, 15) is 27.6 Å². The van der Waals surface area contributed by atoms with Crippen molar-refractivity contribution in [2.75, 3.05) is 13.7 Å². The first-order valence-electron chi connectivity index (χ1n) is 19.7. The summed E-state index contributed by atoms with van der Waals surface area (Å²) in [4.78, 5) is 62.5. The van der Waals surface area contributed by atoms with Gasteiger partial charge in [0.05, 0.1) is 29.8 Å². The van der Waals surface area contributed by atoms with Gasteiger partial charge >= 0.3 is 6.09 Å². The van der Waals surface area contributed by atoms with Crippen LogP contribution in [-0.4, -0.2) is 85.1 Å². The number of rotatable bonds is 12. The summed E-state index contributed by atoms with van der Waals surface area (Å²) in [5, 5.41) is 6.20. The second kappa shape index (κ2) is 16.6. The molecule has 0 radical (unpaired) electrons. The second-order valence-electron chi connectivity index (χ2n) is 17.4. The highest BCUT2D eigenvalue weighted by atomic mass is 32.2. The molecule has 1 aliphatic carbocycles. The molecular formula is C45H53N5O9S. The van der Waals surface area contributed by atoms with Crippen LogP contribution in [0.5, 0.6) is 11.5 Å². The molecule has 6 rings (SSSR count). The van der Waals surface area contributed by atoms with Crippen LogP contribution in [0.1, 0.15) is 59.9 Å². The Hall–Kier alpha value is -5.96. The maximum atomic E-state index is 14.8. The first-order valence-corrected chi connectivity index (χ1v) is 21.2. The maximum Gasteiger partial charge on any atom is 0.408 e. The van der Waals surface area contributed by atoms with Gasteiger partial charge in [0.15, 0.2) is 0 Å². The zero-order chi connectivity index (χ0) is 43.8. The van der Waals surface area contributed by atoms with Crippen LogP contribution in [0.2, 0.25) is 0 Å². The minimum absolute atomic E-state index is 0.0143. The van der Waals surface area contributed by atoms with Crippen molar-refractivity contribution in [2.45, 2.75) is 95.5 Å². The number of fused-ring (bicyclic) bond motifs is 1. The SMILES string of the molecule is C=C[C@@H]1C[C@]1(NC(=O)[C@@H]1C[C@@H](Oc2cc(-c3ccccc3)nc3cc(OC)ccc23)CN1C(=O)[C@@H](NC(=O)OC(C)(C)C)C(C)(C)C)C(=O)NS(=O)(=O)c1ccc(C)cc1. The molecule has 318 valence electrons. The molecule has 15 heteroatoms. The van der Waals surface area contributed by atoms with Crippen LogP contribution in [0.4, 0.5) is 4.79 Å². The van der Waals surface area contributed by atoms with Crippen LogP contribution in [0.15, 0.2) is 96.4 Å². The lowest BCUT2D eigenvalue weighted by molar-refractivity contribution is -0.143. The van der Waals surface area contributed by atoms with Gasteiger partial charge in [0.25, 0.3) is 15.9 Å². The Labute approximate surface area is 351 Å². The molecule has 1 aliphatic heterocycles. The van der Waals surface area contributed by atoms with Crippen molar-refractivity contribution < 1.29 is 41.8 Å². The van der Waals surface area contributed by atoms with Crippen molar-refractivity contribution in [3.63, 3.8) is 0 Å². The fraction of sp³-hybridized carbons (Fsp3) is 0.400. The van der Waals surface area contributed by atoms with Crippen LogP contribution in [0, 0.1) is 18.3 Å². The minimum Gasteiger partial charge on any atom is -0.497 e. The van der Waals surface area contributed by atoms with Gasteiger partial charge in [0.1, 0.15) is 40.8 Å². The Morgan fingerprint density at radius 1 is 0.967 bits per heavy atom. The van der Waals surface area contributed by atoms with Crippen LogP contribution in [0.25, 0.3) is 22.2 Å². The van der Waals surface area contributed by atoms with E-state index in [2.05, 4.69) is 21.9 Å². The van der Waals surface area contributed by atoms with Crippen molar-refractivity contribution in [1.82, 2.24) is 25.2 Å². The van der Waals surface area contributed by atoms with E-state index in [4.69, 9.17) is 19.2 Å². The Balaban J connectivity index is 1.35. The van der Waals surface area contributed by atoms with E-state index in [1.54, 1.807) is 85.9 Å². The summed E-state index contributed by atoms with van der Waals surface area (Å²) >= 11 is 0. The van der Waals surface area contributed by atoms with Crippen LogP contribution in [0.3, 0.4) is 0 Å². The van der Waals surface area contributed by atoms with E-state index >= 15 is 0 Å². The number of aryl methyl sites for hydroxylation is 1. The number of methoxy groups -OCH3 is 1. The molecule has 5 atom stereocenters. The molecule has 2 heterocycles. The number of hydrogen-bond donors (Lipinski definition) is 3. The van der Waals surface area contributed by atoms with Crippen LogP contribution >= 0.6 is 0 Å². The number of likely N-dealkylation sites (tertiary alicyclic amines) is 1. The molecule has 3 aromatic carbocycles. The average molecular weight is 840 g/mol. The number of alkyl carbamates (subject to hydrolysis) is 1. The van der Waals surface area contributed by atoms with Gasteiger partial charge in [-0.15, -0.1) is 6.58 Å². The smallest absolute Gasteiger partial charge is 0.408 e. The Bertz CT molecular complexity index is 2410. The zero-order valence-electron chi connectivity index (χ0n) is 35.2. The van der Waals surface area contributed by atoms with Crippen molar-refractivity contribution in [1.29, 1.82) is 0 Å². The molecule has 1 saturated heterocycles. The number of benzene rings is 3. The lowest BCUT2D eigenvalue weighted by Crippen LogP contribution is -2.60. The summed E-state index contributed by atoms with van der Waals surface area (Å²) in [6, 6.07) is 20.4. The van der Waals surface area contributed by atoms with E-state index in [0.29, 0.717) is 28.1 Å². The zero-order valence-corrected chi connectivity index (χ0v) is 36.0. The van der Waals surface area contributed by atoms with Gasteiger partial charge in [-0.2, -0.15) is 0 Å². The molecule has 1 saturated carbocycles. The van der Waals surface area contributed by atoms with E-state index in [1.807, 2.05) is 36.4 Å². The topological polar surface area (TPSA) is 182 Å². The molecule has 3 N–H and O–H groups in total. The molecule has 60 heavy (non-hydrogen) atoms. The number of ether oxygens (including phenoxy) is 3. The van der Waals surface area contributed by atoms with Gasteiger partial charge in [-0.25, -0.2) is 22.9 Å². The Morgan fingerprint density at radius 2 is 1.65 bits per heavy atom. The highest BCUT2D eigenvalue weighted by Crippen LogP contribution is 2.45. The maximum absolute atomic E-state index is 14.8. The van der Waals surface area contributed by atoms with E-state index < -0.39 is 74.5 Å². The van der Waals surface area contributed by atoms with Gasteiger partial charge < -0.3 is 29.7 Å². The van der Waals surface area contributed by atoms with Crippen molar-refractivity contribution in [2.24, 2.45) is 11.3 Å². The van der Waals surface area contributed by atoms with Crippen molar-refractivity contribution in [3.05, 3.63) is 97.1 Å². The third kappa shape index (κ3) is 9.57. The lowest BCUT2D eigenvalue weighted by atomic mass is 9.85. The molecule has 0 spiro atoms. The fourth-order valence-electron chi connectivity index (χ4n) is 7.28. The fourth-order valence-corrected chi connectivity index (χ4v) is 8.32. The molecule has 2 fully saturated rings. The van der Waals surface area contributed by atoms with E-state index in [-0.39, 0.29) is 24.3 Å². The third-order valence-corrected chi connectivity index (χ3v) is 11.9. The van der Waals surface area contributed by atoms with E-state index in [1.165, 1.54) is 23.1 Å². The molecule has 14 nitrogen and oxygen atoms in total. The summed E-state index contributed by atoms with van der Waals surface area (Å²) in [6.45, 7) is 16.0. The monoisotopic (exact) mass is 839 g/mol. The standard InChI is InChI=1S/C45H53N5O9S/c1-10-29-25-45(29,41(53)49-60(55,56)32-19-16-27(2)17-20-32)48-39(51)36-23-31(26-50(36)40(52)38(43(3,4)5)47-42(54)59-44(6,7)8)58-37-24-34(28-14-12-11-13-15-28)46-35-22-30(57-9)18-21-33(35)37/h10-22,24,29,31,36,38H,1,23,25-26H2,2-9H3,(H,47,54)(H,48,51)(H,49,53)/t29-,31-,36+,38-,45-/m1/s1. The number of amides is 4. The normalized spacial score (nSPS) is 20.7. The molecule has 4 aromatic rings. The number of pyridine rings is 1. The Morgan fingerprint density at radius 3 is 2.25 bits per heavy atom. The lowest BCUT2D eigenvalue weighted by Gasteiger charge is -2.36. The van der Waals surface area contributed by atoms with Crippen molar-refractivity contribution >= 4 is 44.7 Å². The number of hydrogen-bond acceptors (Lipinski definition) is 10. The Kier molecular flexibility index (Phi) is 12.1. The number of nitrogens with zero attached hydrogens (tertiary/aromatic N) is 2. The van der Waals surface area contributed by atoms with Gasteiger partial charge in [0, 0.05) is 35.4 Å². The highest BCUT2D eigenvalue weighted by molar-refractivity contribution is 7.90. The minimum atomic E-state index is -4.31. The second-order valence-corrected chi connectivity index (χ2v) is 19.1. The summed E-state index contributed by atoms with van der Waals surface area (Å²) in [6.07, 6.45) is -0.0229. The number of aromatic nitrogens is 1. The summed E-state index contributed by atoms with van der Waals surface area (Å²) < 4.78 is 46.5. The predicted octanol–water partition coefficient (Wildman–Crippen LogP) is 6.07. The van der Waals surface area contributed by atoms with Gasteiger partial charge in [0.2, 0.25) is 11.8 Å².